The summed E-state index contributed by atoms with van der Waals surface area (Å²) >= 11 is 0. The molecule has 26 heavy (non-hydrogen) atoms. The van der Waals surface area contributed by atoms with Crippen molar-refractivity contribution in [2.24, 2.45) is 10.4 Å². The molecule has 4 rings (SSSR count). The van der Waals surface area contributed by atoms with Gasteiger partial charge in [-0.05, 0) is 55.2 Å². The first-order valence-corrected chi connectivity index (χ1v) is 10.0. The van der Waals surface area contributed by atoms with Crippen molar-refractivity contribution in [3.63, 3.8) is 0 Å². The first-order valence-electron chi connectivity index (χ1n) is 10.0. The zero-order valence-electron chi connectivity index (χ0n) is 15.8. The van der Waals surface area contributed by atoms with Gasteiger partial charge in [-0.3, -0.25) is 9.79 Å². The summed E-state index contributed by atoms with van der Waals surface area (Å²) in [6, 6.07) is 8.38. The number of carbonyl (C=O) groups is 1. The van der Waals surface area contributed by atoms with Gasteiger partial charge in [-0.1, -0.05) is 18.6 Å². The zero-order chi connectivity index (χ0) is 18.0. The molecule has 1 spiro atoms. The molecule has 0 bridgehead atoms. The molecule has 5 nitrogen and oxygen atoms in total. The van der Waals surface area contributed by atoms with E-state index in [4.69, 9.17) is 0 Å². The standard InChI is InChI=1S/C21H30N4O/c1-22-20(24-14-12-21(16-24)10-4-11-21)23-15-17-6-8-18(9-7-17)25-13-3-2-5-19(25)26/h6-9H,2-5,10-16H2,1H3,(H,22,23). The van der Waals surface area contributed by atoms with Crippen molar-refractivity contribution >= 4 is 17.6 Å². The molecule has 0 radical (unpaired) electrons. The lowest BCUT2D eigenvalue weighted by atomic mass is 9.68. The minimum absolute atomic E-state index is 0.251. The number of hydrogen-bond donors (Lipinski definition) is 1. The van der Waals surface area contributed by atoms with E-state index in [1.165, 1.54) is 31.2 Å². The summed E-state index contributed by atoms with van der Waals surface area (Å²) in [6.45, 7) is 3.89. The van der Waals surface area contributed by atoms with E-state index in [0.29, 0.717) is 11.8 Å². The molecule has 2 saturated heterocycles. The van der Waals surface area contributed by atoms with Gasteiger partial charge in [0.15, 0.2) is 5.96 Å². The zero-order valence-corrected chi connectivity index (χ0v) is 15.8. The second kappa shape index (κ2) is 7.29. The molecule has 1 amide bonds. The molecule has 3 fully saturated rings. The summed E-state index contributed by atoms with van der Waals surface area (Å²) in [5.74, 6) is 1.27. The molecule has 0 aromatic heterocycles. The predicted octanol–water partition coefficient (Wildman–Crippen LogP) is 3.15. The molecule has 1 aliphatic carbocycles. The van der Waals surface area contributed by atoms with Gasteiger partial charge in [0, 0.05) is 45.3 Å². The third-order valence-electron chi connectivity index (χ3n) is 6.39. The lowest BCUT2D eigenvalue weighted by Crippen LogP contribution is -2.42. The van der Waals surface area contributed by atoms with Crippen LogP contribution >= 0.6 is 0 Å². The monoisotopic (exact) mass is 354 g/mol. The average Bonchev–Trinajstić information content (AvgIpc) is 3.09. The van der Waals surface area contributed by atoms with Gasteiger partial charge in [-0.2, -0.15) is 0 Å². The van der Waals surface area contributed by atoms with Crippen LogP contribution in [-0.4, -0.2) is 43.4 Å². The van der Waals surface area contributed by atoms with Crippen molar-refractivity contribution in [2.75, 3.05) is 31.6 Å². The largest absolute Gasteiger partial charge is 0.352 e. The maximum absolute atomic E-state index is 12.1. The summed E-state index contributed by atoms with van der Waals surface area (Å²) in [6.07, 6.45) is 8.28. The molecule has 0 unspecified atom stereocenters. The van der Waals surface area contributed by atoms with E-state index in [-0.39, 0.29) is 5.91 Å². The SMILES string of the molecule is CN=C(NCc1ccc(N2CCCCC2=O)cc1)N1CCC2(CCC2)C1. The smallest absolute Gasteiger partial charge is 0.226 e. The Morgan fingerprint density at radius 2 is 1.92 bits per heavy atom. The van der Waals surface area contributed by atoms with E-state index >= 15 is 0 Å². The minimum Gasteiger partial charge on any atom is -0.352 e. The average molecular weight is 354 g/mol. The highest BCUT2D eigenvalue weighted by molar-refractivity contribution is 5.93. The Bertz CT molecular complexity index is 678. The Morgan fingerprint density at radius 1 is 1.12 bits per heavy atom. The first-order chi connectivity index (χ1) is 12.7. The Kier molecular flexibility index (Phi) is 4.88. The molecule has 5 heteroatoms. The van der Waals surface area contributed by atoms with Gasteiger partial charge < -0.3 is 15.1 Å². The highest BCUT2D eigenvalue weighted by atomic mass is 16.2. The van der Waals surface area contributed by atoms with Crippen molar-refractivity contribution in [3.8, 4) is 0 Å². The molecule has 1 aromatic rings. The number of nitrogens with zero attached hydrogens (tertiary/aromatic N) is 3. The summed E-state index contributed by atoms with van der Waals surface area (Å²) in [5.41, 5.74) is 2.83. The molecule has 1 N–H and O–H groups in total. The second-order valence-electron chi connectivity index (χ2n) is 8.09. The second-order valence-corrected chi connectivity index (χ2v) is 8.09. The number of hydrogen-bond acceptors (Lipinski definition) is 2. The van der Waals surface area contributed by atoms with Crippen LogP contribution in [0.3, 0.4) is 0 Å². The van der Waals surface area contributed by atoms with Crippen molar-refractivity contribution in [3.05, 3.63) is 29.8 Å². The summed E-state index contributed by atoms with van der Waals surface area (Å²) in [7, 11) is 1.87. The quantitative estimate of drug-likeness (QED) is 0.670. The highest BCUT2D eigenvalue weighted by Gasteiger charge is 2.43. The number of piperidine rings is 1. The molecule has 2 heterocycles. The molecular formula is C21H30N4O. The van der Waals surface area contributed by atoms with Crippen LogP contribution < -0.4 is 10.2 Å². The van der Waals surface area contributed by atoms with Crippen LogP contribution in [0.15, 0.2) is 29.3 Å². The fourth-order valence-corrected chi connectivity index (χ4v) is 4.59. The first kappa shape index (κ1) is 17.4. The Balaban J connectivity index is 1.33. The molecule has 140 valence electrons. The molecule has 3 aliphatic rings. The third-order valence-corrected chi connectivity index (χ3v) is 6.39. The van der Waals surface area contributed by atoms with Gasteiger partial charge in [0.05, 0.1) is 0 Å². The van der Waals surface area contributed by atoms with E-state index in [1.807, 2.05) is 11.9 Å². The molecule has 1 saturated carbocycles. The number of rotatable bonds is 3. The van der Waals surface area contributed by atoms with E-state index in [9.17, 15) is 4.79 Å². The van der Waals surface area contributed by atoms with Crippen molar-refractivity contribution in [2.45, 2.75) is 51.5 Å². The third kappa shape index (κ3) is 3.44. The topological polar surface area (TPSA) is 47.9 Å². The number of benzene rings is 1. The van der Waals surface area contributed by atoms with Gasteiger partial charge in [0.2, 0.25) is 5.91 Å². The van der Waals surface area contributed by atoms with Crippen LogP contribution in [0.25, 0.3) is 0 Å². The molecule has 2 aliphatic heterocycles. The van der Waals surface area contributed by atoms with Crippen LogP contribution in [0.5, 0.6) is 0 Å². The molecule has 0 atom stereocenters. The maximum Gasteiger partial charge on any atom is 0.226 e. The van der Waals surface area contributed by atoms with Crippen molar-refractivity contribution in [1.29, 1.82) is 0 Å². The Morgan fingerprint density at radius 3 is 2.54 bits per heavy atom. The fraction of sp³-hybridized carbons (Fsp3) is 0.619. The number of nitrogens with one attached hydrogen (secondary N) is 1. The number of anilines is 1. The molecular weight excluding hydrogens is 324 g/mol. The summed E-state index contributed by atoms with van der Waals surface area (Å²) in [4.78, 5) is 20.9. The Labute approximate surface area is 156 Å². The number of aliphatic imine (C=N–C) groups is 1. The van der Waals surface area contributed by atoms with Gasteiger partial charge >= 0.3 is 0 Å². The summed E-state index contributed by atoms with van der Waals surface area (Å²) in [5, 5.41) is 3.52. The van der Waals surface area contributed by atoms with Crippen molar-refractivity contribution < 1.29 is 4.79 Å². The van der Waals surface area contributed by atoms with E-state index in [0.717, 1.165) is 50.7 Å². The van der Waals surface area contributed by atoms with Crippen LogP contribution in [0, 0.1) is 5.41 Å². The predicted molar refractivity (Wildman–Crippen MR) is 105 cm³/mol. The van der Waals surface area contributed by atoms with Crippen molar-refractivity contribution in [1.82, 2.24) is 10.2 Å². The Hall–Kier alpha value is -2.04. The fourth-order valence-electron chi connectivity index (χ4n) is 4.59. The van der Waals surface area contributed by atoms with Gasteiger partial charge in [-0.15, -0.1) is 0 Å². The number of carbonyl (C=O) groups excluding carboxylic acids is 1. The maximum atomic E-state index is 12.1. The van der Waals surface area contributed by atoms with Gasteiger partial charge in [0.25, 0.3) is 0 Å². The van der Waals surface area contributed by atoms with E-state index in [1.54, 1.807) is 0 Å². The lowest BCUT2D eigenvalue weighted by molar-refractivity contribution is -0.119. The van der Waals surface area contributed by atoms with E-state index < -0.39 is 0 Å². The van der Waals surface area contributed by atoms with Crippen LogP contribution in [0.2, 0.25) is 0 Å². The number of amides is 1. The number of guanidine groups is 1. The normalized spacial score (nSPS) is 22.7. The van der Waals surface area contributed by atoms with Gasteiger partial charge in [0.1, 0.15) is 0 Å². The lowest BCUT2D eigenvalue weighted by Gasteiger charge is -2.38. The highest BCUT2D eigenvalue weighted by Crippen LogP contribution is 2.47. The number of likely N-dealkylation sites (tertiary alicyclic amines) is 1. The van der Waals surface area contributed by atoms with Crippen LogP contribution in [0.1, 0.15) is 50.5 Å². The molecule has 1 aromatic carbocycles. The van der Waals surface area contributed by atoms with E-state index in [2.05, 4.69) is 39.5 Å². The van der Waals surface area contributed by atoms with Crippen LogP contribution in [0.4, 0.5) is 5.69 Å². The van der Waals surface area contributed by atoms with Gasteiger partial charge in [-0.25, -0.2) is 0 Å². The summed E-state index contributed by atoms with van der Waals surface area (Å²) < 4.78 is 0. The minimum atomic E-state index is 0.251. The van der Waals surface area contributed by atoms with Crippen LogP contribution in [-0.2, 0) is 11.3 Å².